The lowest BCUT2D eigenvalue weighted by molar-refractivity contribution is 0.117. The fourth-order valence-electron chi connectivity index (χ4n) is 4.29. The van der Waals surface area contributed by atoms with Gasteiger partial charge in [-0.05, 0) is 38.3 Å². The third-order valence-corrected chi connectivity index (χ3v) is 7.19. The van der Waals surface area contributed by atoms with Crippen molar-refractivity contribution in [3.05, 3.63) is 42.6 Å². The number of fused-ring (bicyclic) bond motifs is 1. The highest BCUT2D eigenvalue weighted by Gasteiger charge is 2.30. The number of amides is 1. The van der Waals surface area contributed by atoms with E-state index >= 15 is 0 Å². The molecule has 0 N–H and O–H groups in total. The summed E-state index contributed by atoms with van der Waals surface area (Å²) >= 11 is 0. The van der Waals surface area contributed by atoms with E-state index in [1.807, 2.05) is 18.2 Å². The number of nitrogens with zero attached hydrogens (tertiary/aromatic N) is 4. The van der Waals surface area contributed by atoms with Gasteiger partial charge in [0.15, 0.2) is 0 Å². The van der Waals surface area contributed by atoms with E-state index in [-0.39, 0.29) is 18.1 Å². The predicted octanol–water partition coefficient (Wildman–Crippen LogP) is 2.89. The molecule has 2 fully saturated rings. The lowest BCUT2D eigenvalue weighted by Crippen LogP contribution is -2.38. The summed E-state index contributed by atoms with van der Waals surface area (Å²) in [5.41, 5.74) is 1.76. The minimum atomic E-state index is -3.20. The molecule has 4 rings (SSSR count). The third-order valence-electron chi connectivity index (χ3n) is 5.92. The highest BCUT2D eigenvalue weighted by atomic mass is 32.2. The molecule has 1 aromatic heterocycles. The number of rotatable bonds is 5. The zero-order valence-corrected chi connectivity index (χ0v) is 19.2. The Morgan fingerprint density at radius 3 is 2.56 bits per heavy atom. The molecule has 1 atom stereocenters. The van der Waals surface area contributed by atoms with Gasteiger partial charge in [0.25, 0.3) is 0 Å². The minimum absolute atomic E-state index is 0.174. The molecule has 1 aromatic carbocycles. The van der Waals surface area contributed by atoms with Gasteiger partial charge in [-0.1, -0.05) is 6.58 Å². The Balaban J connectivity index is 1.44. The highest BCUT2D eigenvalue weighted by molar-refractivity contribution is 7.88. The summed E-state index contributed by atoms with van der Waals surface area (Å²) < 4.78 is 36.0. The van der Waals surface area contributed by atoms with Crippen LogP contribution >= 0.6 is 0 Å². The molecule has 3 heterocycles. The molecule has 0 spiro atoms. The zero-order valence-electron chi connectivity index (χ0n) is 18.4. The summed E-state index contributed by atoms with van der Waals surface area (Å²) in [6, 6.07) is 5.73. The van der Waals surface area contributed by atoms with E-state index in [1.165, 1.54) is 10.6 Å². The first-order valence-corrected chi connectivity index (χ1v) is 12.5. The van der Waals surface area contributed by atoms with Gasteiger partial charge < -0.3 is 14.4 Å². The second-order valence-corrected chi connectivity index (χ2v) is 10.4. The maximum atomic E-state index is 12.1. The summed E-state index contributed by atoms with van der Waals surface area (Å²) in [4.78, 5) is 22.7. The van der Waals surface area contributed by atoms with Gasteiger partial charge >= 0.3 is 6.09 Å². The maximum absolute atomic E-state index is 12.1. The Bertz CT molecular complexity index is 1130. The molecule has 0 radical (unpaired) electrons. The first-order valence-electron chi connectivity index (χ1n) is 10.7. The topological polar surface area (TPSA) is 102 Å². The van der Waals surface area contributed by atoms with E-state index in [0.29, 0.717) is 44.1 Å². The standard InChI is InChI=1S/C22H28N4O5S/c1-15(2)30-22(27)25-9-6-16(7-10-25)21-19-5-4-17(12-20(19)23-14-24-21)31-18-8-11-26(13-18)32(3,28)29/h4-5,12,14,16,18H,1,6-11,13H2,2-3H3/t18-/m1/s1. The zero-order chi connectivity index (χ0) is 22.9. The van der Waals surface area contributed by atoms with Crippen LogP contribution in [0, 0.1) is 0 Å². The summed E-state index contributed by atoms with van der Waals surface area (Å²) in [6.07, 6.45) is 4.49. The van der Waals surface area contributed by atoms with Crippen molar-refractivity contribution in [1.82, 2.24) is 19.2 Å². The van der Waals surface area contributed by atoms with Crippen LogP contribution in [0.1, 0.15) is 37.8 Å². The molecular weight excluding hydrogens is 432 g/mol. The Morgan fingerprint density at radius 1 is 1.16 bits per heavy atom. The Hall–Kier alpha value is -2.72. The fourth-order valence-corrected chi connectivity index (χ4v) is 5.17. The summed E-state index contributed by atoms with van der Waals surface area (Å²) in [6.45, 7) is 7.30. The summed E-state index contributed by atoms with van der Waals surface area (Å²) in [5.74, 6) is 1.28. The van der Waals surface area contributed by atoms with Gasteiger partial charge in [-0.2, -0.15) is 4.31 Å². The smallest absolute Gasteiger partial charge is 0.414 e. The molecule has 9 nitrogen and oxygen atoms in total. The number of hydrogen-bond donors (Lipinski definition) is 0. The molecule has 1 amide bonds. The van der Waals surface area contributed by atoms with Crippen LogP contribution in [0.15, 0.2) is 36.9 Å². The number of hydrogen-bond acceptors (Lipinski definition) is 7. The van der Waals surface area contributed by atoms with Gasteiger partial charge in [0.05, 0.1) is 29.8 Å². The largest absolute Gasteiger partial charge is 0.489 e. The average Bonchev–Trinajstić information content (AvgIpc) is 3.22. The molecule has 0 saturated carbocycles. The molecule has 2 aromatic rings. The van der Waals surface area contributed by atoms with Crippen LogP contribution in [0.25, 0.3) is 10.9 Å². The van der Waals surface area contributed by atoms with E-state index in [9.17, 15) is 13.2 Å². The van der Waals surface area contributed by atoms with Gasteiger partial charge in [0.2, 0.25) is 10.0 Å². The van der Waals surface area contributed by atoms with E-state index in [2.05, 4.69) is 16.5 Å². The third kappa shape index (κ3) is 5.02. The van der Waals surface area contributed by atoms with Crippen LogP contribution in [0.3, 0.4) is 0 Å². The van der Waals surface area contributed by atoms with Crippen LogP contribution in [-0.4, -0.2) is 72.2 Å². The van der Waals surface area contributed by atoms with Crippen molar-refractivity contribution >= 4 is 27.0 Å². The number of ether oxygens (including phenoxy) is 2. The van der Waals surface area contributed by atoms with Crippen molar-refractivity contribution in [2.75, 3.05) is 32.4 Å². The number of carbonyl (C=O) groups is 1. The lowest BCUT2D eigenvalue weighted by atomic mass is 9.91. The van der Waals surface area contributed by atoms with Crippen LogP contribution in [-0.2, 0) is 14.8 Å². The van der Waals surface area contributed by atoms with Crippen LogP contribution in [0.2, 0.25) is 0 Å². The Kier molecular flexibility index (Phi) is 6.34. The van der Waals surface area contributed by atoms with Gasteiger partial charge in [0.1, 0.15) is 18.2 Å². The number of carbonyl (C=O) groups excluding carboxylic acids is 1. The Morgan fingerprint density at radius 2 is 1.91 bits per heavy atom. The molecule has 0 aliphatic carbocycles. The fraction of sp³-hybridized carbons (Fsp3) is 0.500. The highest BCUT2D eigenvalue weighted by Crippen LogP contribution is 2.33. The number of benzene rings is 1. The number of aromatic nitrogens is 2. The van der Waals surface area contributed by atoms with E-state index in [1.54, 1.807) is 18.2 Å². The van der Waals surface area contributed by atoms with E-state index in [4.69, 9.17) is 9.47 Å². The van der Waals surface area contributed by atoms with E-state index in [0.717, 1.165) is 29.4 Å². The number of allylic oxidation sites excluding steroid dienone is 1. The van der Waals surface area contributed by atoms with Crippen LogP contribution in [0.5, 0.6) is 5.75 Å². The molecule has 0 bridgehead atoms. The van der Waals surface area contributed by atoms with Gasteiger partial charge in [-0.3, -0.25) is 0 Å². The van der Waals surface area contributed by atoms with E-state index < -0.39 is 10.0 Å². The van der Waals surface area contributed by atoms with Crippen molar-refractivity contribution in [3.8, 4) is 5.75 Å². The molecule has 2 saturated heterocycles. The van der Waals surface area contributed by atoms with Crippen molar-refractivity contribution in [3.63, 3.8) is 0 Å². The maximum Gasteiger partial charge on any atom is 0.414 e. The number of piperidine rings is 1. The SMILES string of the molecule is C=C(C)OC(=O)N1CCC(c2ncnc3cc(O[C@@H]4CCN(S(C)(=O)=O)C4)ccc23)CC1. The summed E-state index contributed by atoms with van der Waals surface area (Å²) in [7, 11) is -3.20. The monoisotopic (exact) mass is 460 g/mol. The molecule has 172 valence electrons. The van der Waals surface area contributed by atoms with Gasteiger partial charge in [0, 0.05) is 37.0 Å². The molecule has 10 heteroatoms. The quantitative estimate of drug-likeness (QED) is 0.632. The molecule has 2 aliphatic rings. The van der Waals surface area contributed by atoms with Gasteiger partial charge in [-0.15, -0.1) is 0 Å². The normalized spacial score (nSPS) is 20.4. The van der Waals surface area contributed by atoms with Gasteiger partial charge in [-0.25, -0.2) is 23.2 Å². The molecule has 0 unspecified atom stereocenters. The first kappa shape index (κ1) is 22.5. The second-order valence-electron chi connectivity index (χ2n) is 8.42. The number of likely N-dealkylation sites (tertiary alicyclic amines) is 1. The van der Waals surface area contributed by atoms with Crippen molar-refractivity contribution in [2.45, 2.75) is 38.2 Å². The molecule has 32 heavy (non-hydrogen) atoms. The van der Waals surface area contributed by atoms with Crippen molar-refractivity contribution in [2.24, 2.45) is 0 Å². The average molecular weight is 461 g/mol. The van der Waals surface area contributed by atoms with Crippen LogP contribution < -0.4 is 4.74 Å². The van der Waals surface area contributed by atoms with Crippen molar-refractivity contribution in [1.29, 1.82) is 0 Å². The Labute approximate surface area is 188 Å². The first-order chi connectivity index (χ1) is 15.2. The molecular formula is C22H28N4O5S. The van der Waals surface area contributed by atoms with Crippen molar-refractivity contribution < 1.29 is 22.7 Å². The predicted molar refractivity (Wildman–Crippen MR) is 120 cm³/mol. The minimum Gasteiger partial charge on any atom is -0.489 e. The summed E-state index contributed by atoms with van der Waals surface area (Å²) in [5, 5.41) is 0.965. The second kappa shape index (κ2) is 9.03. The number of sulfonamides is 1. The lowest BCUT2D eigenvalue weighted by Gasteiger charge is -2.31. The molecule has 2 aliphatic heterocycles. The van der Waals surface area contributed by atoms with Crippen LogP contribution in [0.4, 0.5) is 4.79 Å².